The van der Waals surface area contributed by atoms with Gasteiger partial charge in [0.1, 0.15) is 5.82 Å². The van der Waals surface area contributed by atoms with Gasteiger partial charge in [-0.3, -0.25) is 14.5 Å². The first-order valence-electron chi connectivity index (χ1n) is 8.58. The molecule has 2 amide bonds. The second-order valence-corrected chi connectivity index (χ2v) is 6.68. The molecule has 26 heavy (non-hydrogen) atoms. The van der Waals surface area contributed by atoms with Crippen molar-refractivity contribution in [1.29, 1.82) is 0 Å². The molecule has 1 aliphatic rings. The minimum atomic E-state index is -0.278. The van der Waals surface area contributed by atoms with Gasteiger partial charge in [0.15, 0.2) is 0 Å². The summed E-state index contributed by atoms with van der Waals surface area (Å²) in [4.78, 5) is 28.6. The van der Waals surface area contributed by atoms with Gasteiger partial charge in [0.05, 0.1) is 17.9 Å². The Bertz CT molecular complexity index is 807. The summed E-state index contributed by atoms with van der Waals surface area (Å²) in [6.45, 7) is 2.61. The average Bonchev–Trinajstić information content (AvgIpc) is 2.71. The summed E-state index contributed by atoms with van der Waals surface area (Å²) in [7, 11) is 1.85. The van der Waals surface area contributed by atoms with E-state index in [0.717, 1.165) is 5.56 Å². The van der Waals surface area contributed by atoms with Gasteiger partial charge in [-0.1, -0.05) is 24.3 Å². The molecule has 1 unspecified atom stereocenters. The fourth-order valence-corrected chi connectivity index (χ4v) is 3.23. The van der Waals surface area contributed by atoms with Crippen molar-refractivity contribution in [3.8, 4) is 0 Å². The highest BCUT2D eigenvalue weighted by molar-refractivity contribution is 6.04. The number of hydrogen-bond acceptors (Lipinski definition) is 3. The molecule has 2 aromatic carbocycles. The van der Waals surface area contributed by atoms with E-state index in [1.165, 1.54) is 12.1 Å². The Balaban J connectivity index is 1.75. The zero-order valence-corrected chi connectivity index (χ0v) is 14.9. The molecule has 0 aliphatic carbocycles. The smallest absolute Gasteiger partial charge is 0.241 e. The molecule has 1 aliphatic heterocycles. The van der Waals surface area contributed by atoms with Crippen LogP contribution in [0.3, 0.4) is 0 Å². The Kier molecular flexibility index (Phi) is 5.32. The molecule has 0 saturated carbocycles. The number of amides is 2. The lowest BCUT2D eigenvalue weighted by molar-refractivity contribution is -0.120. The zero-order valence-electron chi connectivity index (χ0n) is 14.9. The van der Waals surface area contributed by atoms with Crippen molar-refractivity contribution in [1.82, 2.24) is 4.90 Å². The van der Waals surface area contributed by atoms with Crippen LogP contribution in [0.5, 0.6) is 0 Å². The minimum Gasteiger partial charge on any atom is -0.324 e. The molecule has 1 N–H and O–H groups in total. The number of nitrogens with zero attached hydrogens (tertiary/aromatic N) is 2. The van der Waals surface area contributed by atoms with E-state index in [1.807, 2.05) is 37.1 Å². The van der Waals surface area contributed by atoms with E-state index in [4.69, 9.17) is 0 Å². The molecule has 5 nitrogen and oxygen atoms in total. The van der Waals surface area contributed by atoms with Crippen LogP contribution in [-0.4, -0.2) is 36.3 Å². The first-order valence-corrected chi connectivity index (χ1v) is 8.58. The first kappa shape index (κ1) is 18.1. The topological polar surface area (TPSA) is 52.7 Å². The van der Waals surface area contributed by atoms with Crippen LogP contribution in [-0.2, 0) is 16.1 Å². The van der Waals surface area contributed by atoms with Crippen LogP contribution >= 0.6 is 0 Å². The number of carbonyl (C=O) groups is 2. The van der Waals surface area contributed by atoms with Gasteiger partial charge in [-0.05, 0) is 43.8 Å². The van der Waals surface area contributed by atoms with Crippen LogP contribution in [0.4, 0.5) is 15.8 Å². The molecule has 0 radical (unpaired) electrons. The van der Waals surface area contributed by atoms with E-state index in [1.54, 1.807) is 23.1 Å². The van der Waals surface area contributed by atoms with E-state index in [0.29, 0.717) is 17.9 Å². The van der Waals surface area contributed by atoms with E-state index in [-0.39, 0.29) is 36.6 Å². The first-order chi connectivity index (χ1) is 12.4. The van der Waals surface area contributed by atoms with Gasteiger partial charge in [0.25, 0.3) is 0 Å². The monoisotopic (exact) mass is 355 g/mol. The van der Waals surface area contributed by atoms with Crippen molar-refractivity contribution in [2.24, 2.45) is 0 Å². The Labute approximate surface area is 152 Å². The van der Waals surface area contributed by atoms with E-state index >= 15 is 0 Å². The third-order valence-corrected chi connectivity index (χ3v) is 4.40. The van der Waals surface area contributed by atoms with Crippen LogP contribution in [0.1, 0.15) is 18.9 Å². The number of para-hydroxylation sites is 2. The highest BCUT2D eigenvalue weighted by atomic mass is 19.1. The van der Waals surface area contributed by atoms with E-state index in [9.17, 15) is 14.0 Å². The van der Waals surface area contributed by atoms with Crippen molar-refractivity contribution in [2.75, 3.05) is 23.8 Å². The molecular weight excluding hydrogens is 333 g/mol. The molecule has 1 heterocycles. The molecule has 136 valence electrons. The summed E-state index contributed by atoms with van der Waals surface area (Å²) in [5.74, 6) is -0.453. The SMILES string of the molecule is CC1CC(=O)Nc2ccccc2N1C(=O)CN(C)Cc1ccc(F)cc1. The Morgan fingerprint density at radius 1 is 1.23 bits per heavy atom. The number of halogens is 1. The lowest BCUT2D eigenvalue weighted by Gasteiger charge is -2.29. The van der Waals surface area contributed by atoms with Crippen molar-refractivity contribution < 1.29 is 14.0 Å². The standard InChI is InChI=1S/C20H22FN3O2/c1-14-11-19(25)22-17-5-3-4-6-18(17)24(14)20(26)13-23(2)12-15-7-9-16(21)10-8-15/h3-10,14H,11-13H2,1-2H3,(H,22,25). The maximum Gasteiger partial charge on any atom is 0.241 e. The predicted octanol–water partition coefficient (Wildman–Crippen LogP) is 3.02. The zero-order chi connectivity index (χ0) is 18.7. The van der Waals surface area contributed by atoms with Gasteiger partial charge in [-0.2, -0.15) is 0 Å². The maximum atomic E-state index is 13.0. The molecule has 6 heteroatoms. The van der Waals surface area contributed by atoms with Crippen LogP contribution < -0.4 is 10.2 Å². The predicted molar refractivity (Wildman–Crippen MR) is 99.4 cm³/mol. The lowest BCUT2D eigenvalue weighted by Crippen LogP contribution is -2.44. The number of benzene rings is 2. The summed E-state index contributed by atoms with van der Waals surface area (Å²) in [5, 5.41) is 2.85. The van der Waals surface area contributed by atoms with Crippen LogP contribution in [0.2, 0.25) is 0 Å². The Hall–Kier alpha value is -2.73. The van der Waals surface area contributed by atoms with Crippen molar-refractivity contribution >= 4 is 23.2 Å². The average molecular weight is 355 g/mol. The van der Waals surface area contributed by atoms with Crippen LogP contribution in [0, 0.1) is 5.82 Å². The highest BCUT2D eigenvalue weighted by Crippen LogP contribution is 2.31. The van der Waals surface area contributed by atoms with Crippen molar-refractivity contribution in [2.45, 2.75) is 25.9 Å². The number of anilines is 2. The minimum absolute atomic E-state index is 0.0777. The van der Waals surface area contributed by atoms with Gasteiger partial charge in [-0.25, -0.2) is 4.39 Å². The van der Waals surface area contributed by atoms with Crippen LogP contribution in [0.25, 0.3) is 0 Å². The largest absolute Gasteiger partial charge is 0.324 e. The molecule has 1 atom stereocenters. The second kappa shape index (κ2) is 7.66. The molecule has 0 bridgehead atoms. The fraction of sp³-hybridized carbons (Fsp3) is 0.300. The van der Waals surface area contributed by atoms with Crippen LogP contribution in [0.15, 0.2) is 48.5 Å². The lowest BCUT2D eigenvalue weighted by atomic mass is 10.1. The number of nitrogens with one attached hydrogen (secondary N) is 1. The summed E-state index contributed by atoms with van der Waals surface area (Å²) >= 11 is 0. The van der Waals surface area contributed by atoms with Crippen molar-refractivity contribution in [3.63, 3.8) is 0 Å². The van der Waals surface area contributed by atoms with E-state index in [2.05, 4.69) is 5.32 Å². The Morgan fingerprint density at radius 3 is 2.65 bits per heavy atom. The Morgan fingerprint density at radius 2 is 1.92 bits per heavy atom. The third kappa shape index (κ3) is 4.08. The van der Waals surface area contributed by atoms with E-state index < -0.39 is 0 Å². The third-order valence-electron chi connectivity index (χ3n) is 4.40. The maximum absolute atomic E-state index is 13.0. The quantitative estimate of drug-likeness (QED) is 0.917. The van der Waals surface area contributed by atoms with Crippen molar-refractivity contribution in [3.05, 3.63) is 59.9 Å². The highest BCUT2D eigenvalue weighted by Gasteiger charge is 2.29. The molecule has 0 spiro atoms. The van der Waals surface area contributed by atoms with Gasteiger partial charge >= 0.3 is 0 Å². The molecule has 3 rings (SSSR count). The second-order valence-electron chi connectivity index (χ2n) is 6.68. The summed E-state index contributed by atoms with van der Waals surface area (Å²) in [5.41, 5.74) is 2.30. The molecule has 0 aromatic heterocycles. The number of fused-ring (bicyclic) bond motifs is 1. The molecule has 0 fully saturated rings. The molecule has 2 aromatic rings. The van der Waals surface area contributed by atoms with Gasteiger partial charge < -0.3 is 10.2 Å². The molecule has 0 saturated heterocycles. The number of likely N-dealkylation sites (N-methyl/N-ethyl adjacent to an activating group) is 1. The summed E-state index contributed by atoms with van der Waals surface area (Å²) in [6, 6.07) is 13.3. The fourth-order valence-electron chi connectivity index (χ4n) is 3.23. The summed E-state index contributed by atoms with van der Waals surface area (Å²) < 4.78 is 13.0. The molecular formula is C20H22FN3O2. The normalized spacial score (nSPS) is 16.8. The number of hydrogen-bond donors (Lipinski definition) is 1. The van der Waals surface area contributed by atoms with Gasteiger partial charge in [0.2, 0.25) is 11.8 Å². The number of carbonyl (C=O) groups excluding carboxylic acids is 2. The number of rotatable bonds is 4. The summed E-state index contributed by atoms with van der Waals surface area (Å²) in [6.07, 6.45) is 0.252. The van der Waals surface area contributed by atoms with Gasteiger partial charge in [-0.15, -0.1) is 0 Å². The van der Waals surface area contributed by atoms with Gasteiger partial charge in [0, 0.05) is 19.0 Å².